The van der Waals surface area contributed by atoms with Gasteiger partial charge in [-0.25, -0.2) is 0 Å². The van der Waals surface area contributed by atoms with E-state index in [1.165, 1.54) is 6.42 Å². The highest BCUT2D eigenvalue weighted by Crippen LogP contribution is 2.39. The summed E-state index contributed by atoms with van der Waals surface area (Å²) in [6, 6.07) is 10.1. The van der Waals surface area contributed by atoms with E-state index in [-0.39, 0.29) is 11.5 Å². The first kappa shape index (κ1) is 18.2. The molecule has 2 aliphatic rings. The highest BCUT2D eigenvalue weighted by atomic mass is 16.4. The van der Waals surface area contributed by atoms with Crippen molar-refractivity contribution < 1.29 is 9.21 Å². The van der Waals surface area contributed by atoms with E-state index in [1.807, 2.05) is 30.3 Å². The summed E-state index contributed by atoms with van der Waals surface area (Å²) < 4.78 is 5.90. The lowest BCUT2D eigenvalue weighted by atomic mass is 9.73. The lowest BCUT2D eigenvalue weighted by Crippen LogP contribution is -2.55. The van der Waals surface area contributed by atoms with Gasteiger partial charge in [-0.3, -0.25) is 9.69 Å². The van der Waals surface area contributed by atoms with Crippen molar-refractivity contribution in [1.29, 1.82) is 0 Å². The second-order valence-corrected chi connectivity index (χ2v) is 8.30. The van der Waals surface area contributed by atoms with Crippen LogP contribution in [0.5, 0.6) is 0 Å². The molecule has 2 fully saturated rings. The van der Waals surface area contributed by atoms with Gasteiger partial charge in [-0.05, 0) is 51.8 Å². The number of piperidine rings is 2. The summed E-state index contributed by atoms with van der Waals surface area (Å²) in [6.45, 7) is 7.81. The van der Waals surface area contributed by atoms with Crippen LogP contribution in [-0.4, -0.2) is 51.6 Å². The van der Waals surface area contributed by atoms with Crippen LogP contribution < -0.4 is 0 Å². The summed E-state index contributed by atoms with van der Waals surface area (Å²) in [5, 5.41) is 8.46. The third-order valence-corrected chi connectivity index (χ3v) is 5.91. The van der Waals surface area contributed by atoms with Gasteiger partial charge in [-0.15, -0.1) is 10.2 Å². The SMILES string of the molecule is CC(C)N1C[C@]2(CCCN(Cc3nnc(-c4ccccc4)o3)C2)CCC1=O. The Morgan fingerprint density at radius 1 is 1.15 bits per heavy atom. The molecule has 1 atom stereocenters. The maximum absolute atomic E-state index is 12.3. The summed E-state index contributed by atoms with van der Waals surface area (Å²) in [4.78, 5) is 16.7. The minimum atomic E-state index is 0.207. The average Bonchev–Trinajstić information content (AvgIpc) is 3.13. The van der Waals surface area contributed by atoms with E-state index in [0.29, 0.717) is 30.7 Å². The van der Waals surface area contributed by atoms with E-state index in [9.17, 15) is 4.79 Å². The van der Waals surface area contributed by atoms with Crippen molar-refractivity contribution in [2.24, 2.45) is 5.41 Å². The Morgan fingerprint density at radius 2 is 1.96 bits per heavy atom. The molecule has 1 aromatic heterocycles. The van der Waals surface area contributed by atoms with Gasteiger partial charge in [0.05, 0.1) is 6.54 Å². The summed E-state index contributed by atoms with van der Waals surface area (Å²) in [6.07, 6.45) is 4.01. The molecule has 0 saturated carbocycles. The minimum absolute atomic E-state index is 0.207. The number of aromatic nitrogens is 2. The molecule has 27 heavy (non-hydrogen) atoms. The normalized spacial score (nSPS) is 24.1. The molecular weight excluding hydrogens is 340 g/mol. The summed E-state index contributed by atoms with van der Waals surface area (Å²) in [5.41, 5.74) is 1.16. The van der Waals surface area contributed by atoms with Crippen LogP contribution in [0.15, 0.2) is 34.7 Å². The fourth-order valence-corrected chi connectivity index (χ4v) is 4.50. The number of likely N-dealkylation sites (tertiary alicyclic amines) is 2. The first-order valence-corrected chi connectivity index (χ1v) is 9.94. The fourth-order valence-electron chi connectivity index (χ4n) is 4.50. The van der Waals surface area contributed by atoms with Gasteiger partial charge in [0.2, 0.25) is 17.7 Å². The van der Waals surface area contributed by atoms with Crippen LogP contribution in [0, 0.1) is 5.41 Å². The van der Waals surface area contributed by atoms with Crippen LogP contribution in [0.25, 0.3) is 11.5 Å². The fraction of sp³-hybridized carbons (Fsp3) is 0.571. The van der Waals surface area contributed by atoms with Gasteiger partial charge in [0.25, 0.3) is 0 Å². The number of rotatable bonds is 4. The maximum Gasteiger partial charge on any atom is 0.247 e. The van der Waals surface area contributed by atoms with Gasteiger partial charge in [-0.2, -0.15) is 0 Å². The smallest absolute Gasteiger partial charge is 0.247 e. The van der Waals surface area contributed by atoms with Crippen LogP contribution in [0.1, 0.15) is 45.4 Å². The monoisotopic (exact) mass is 368 g/mol. The van der Waals surface area contributed by atoms with Crippen LogP contribution in [-0.2, 0) is 11.3 Å². The van der Waals surface area contributed by atoms with Gasteiger partial charge in [-0.1, -0.05) is 18.2 Å². The maximum atomic E-state index is 12.3. The molecular formula is C21H28N4O2. The molecule has 1 aromatic carbocycles. The zero-order chi connectivity index (χ0) is 18.9. The lowest BCUT2D eigenvalue weighted by molar-refractivity contribution is -0.141. The van der Waals surface area contributed by atoms with E-state index in [0.717, 1.165) is 38.0 Å². The molecule has 4 rings (SSSR count). The average molecular weight is 368 g/mol. The summed E-state index contributed by atoms with van der Waals surface area (Å²) in [7, 11) is 0. The molecule has 0 aliphatic carbocycles. The highest BCUT2D eigenvalue weighted by Gasteiger charge is 2.42. The largest absolute Gasteiger partial charge is 0.419 e. The van der Waals surface area contributed by atoms with E-state index in [2.05, 4.69) is 33.8 Å². The number of amides is 1. The van der Waals surface area contributed by atoms with Crippen molar-refractivity contribution in [2.75, 3.05) is 19.6 Å². The molecule has 6 heteroatoms. The predicted octanol–water partition coefficient (Wildman–Crippen LogP) is 3.35. The Hall–Kier alpha value is -2.21. The first-order chi connectivity index (χ1) is 13.0. The van der Waals surface area contributed by atoms with Crippen molar-refractivity contribution in [3.63, 3.8) is 0 Å². The Kier molecular flexibility index (Phi) is 5.00. The summed E-state index contributed by atoms with van der Waals surface area (Å²) >= 11 is 0. The standard InChI is InChI=1S/C21H28N4O2/c1-16(2)25-15-21(11-9-19(25)26)10-6-12-24(14-21)13-18-22-23-20(27-18)17-7-4-3-5-8-17/h3-5,7-8,16H,6,9-15H2,1-2H3/t21-/m1/s1. The predicted molar refractivity (Wildman–Crippen MR) is 103 cm³/mol. The zero-order valence-electron chi connectivity index (χ0n) is 16.2. The molecule has 6 nitrogen and oxygen atoms in total. The van der Waals surface area contributed by atoms with E-state index >= 15 is 0 Å². The molecule has 0 bridgehead atoms. The third-order valence-electron chi connectivity index (χ3n) is 5.91. The van der Waals surface area contributed by atoms with E-state index in [1.54, 1.807) is 0 Å². The Labute approximate surface area is 160 Å². The molecule has 2 aliphatic heterocycles. The highest BCUT2D eigenvalue weighted by molar-refractivity contribution is 5.77. The second kappa shape index (κ2) is 7.43. The Bertz CT molecular complexity index is 788. The number of carbonyl (C=O) groups excluding carboxylic acids is 1. The zero-order valence-corrected chi connectivity index (χ0v) is 16.2. The second-order valence-electron chi connectivity index (χ2n) is 8.30. The molecule has 2 aromatic rings. The molecule has 1 spiro atoms. The molecule has 3 heterocycles. The number of nitrogens with zero attached hydrogens (tertiary/aromatic N) is 4. The van der Waals surface area contributed by atoms with Crippen molar-refractivity contribution in [1.82, 2.24) is 20.0 Å². The van der Waals surface area contributed by atoms with E-state index < -0.39 is 0 Å². The van der Waals surface area contributed by atoms with Crippen LogP contribution in [0.4, 0.5) is 0 Å². The van der Waals surface area contributed by atoms with Gasteiger partial charge < -0.3 is 9.32 Å². The number of carbonyl (C=O) groups is 1. The third kappa shape index (κ3) is 3.90. The number of hydrogen-bond acceptors (Lipinski definition) is 5. The minimum Gasteiger partial charge on any atom is -0.419 e. The van der Waals surface area contributed by atoms with Gasteiger partial charge in [0, 0.05) is 36.5 Å². The van der Waals surface area contributed by atoms with Crippen LogP contribution in [0.2, 0.25) is 0 Å². The lowest BCUT2D eigenvalue weighted by Gasteiger charge is -2.49. The van der Waals surface area contributed by atoms with Crippen LogP contribution >= 0.6 is 0 Å². The first-order valence-electron chi connectivity index (χ1n) is 9.94. The molecule has 0 unspecified atom stereocenters. The topological polar surface area (TPSA) is 62.5 Å². The van der Waals surface area contributed by atoms with Gasteiger partial charge in [0.15, 0.2) is 0 Å². The van der Waals surface area contributed by atoms with E-state index in [4.69, 9.17) is 4.42 Å². The molecule has 144 valence electrons. The molecule has 0 N–H and O–H groups in total. The molecule has 2 saturated heterocycles. The van der Waals surface area contributed by atoms with Crippen molar-refractivity contribution >= 4 is 5.91 Å². The Morgan fingerprint density at radius 3 is 2.74 bits per heavy atom. The molecule has 1 amide bonds. The van der Waals surface area contributed by atoms with Gasteiger partial charge in [0.1, 0.15) is 0 Å². The van der Waals surface area contributed by atoms with Crippen molar-refractivity contribution in [2.45, 2.75) is 52.1 Å². The van der Waals surface area contributed by atoms with Crippen LogP contribution in [0.3, 0.4) is 0 Å². The molecule has 0 radical (unpaired) electrons. The number of hydrogen-bond donors (Lipinski definition) is 0. The number of benzene rings is 1. The Balaban J connectivity index is 1.43. The van der Waals surface area contributed by atoms with Crippen molar-refractivity contribution in [3.05, 3.63) is 36.2 Å². The van der Waals surface area contributed by atoms with Gasteiger partial charge >= 0.3 is 0 Å². The summed E-state index contributed by atoms with van der Waals surface area (Å²) in [5.74, 6) is 1.54. The quantitative estimate of drug-likeness (QED) is 0.828. The van der Waals surface area contributed by atoms with Crippen molar-refractivity contribution in [3.8, 4) is 11.5 Å².